The number of thiophene rings is 1. The molecule has 21 heavy (non-hydrogen) atoms. The first-order valence-corrected chi connectivity index (χ1v) is 7.74. The van der Waals surface area contributed by atoms with Crippen LogP contribution in [-0.4, -0.2) is 52.5 Å². The highest BCUT2D eigenvalue weighted by Crippen LogP contribution is 2.22. The summed E-state index contributed by atoms with van der Waals surface area (Å²) in [6.45, 7) is 6.06. The standard InChI is InChI=1S/C14H21ClN2O3S/c1-14(2,3)17(9-13(19)20)8-12(18)16(4)7-10-5-6-11(15)21-10/h5-6H,7-9H2,1-4H3,(H,19,20). The molecule has 0 aromatic carbocycles. The lowest BCUT2D eigenvalue weighted by atomic mass is 10.1. The number of nitrogens with zero attached hydrogens (tertiary/aromatic N) is 2. The minimum absolute atomic E-state index is 0.0748. The lowest BCUT2D eigenvalue weighted by Gasteiger charge is -2.34. The van der Waals surface area contributed by atoms with E-state index in [0.717, 1.165) is 4.88 Å². The summed E-state index contributed by atoms with van der Waals surface area (Å²) in [4.78, 5) is 27.4. The molecule has 0 unspecified atom stereocenters. The number of likely N-dealkylation sites (N-methyl/N-ethyl adjacent to an activating group) is 1. The topological polar surface area (TPSA) is 60.9 Å². The Morgan fingerprint density at radius 1 is 1.29 bits per heavy atom. The Kier molecular flexibility index (Phi) is 6.19. The van der Waals surface area contributed by atoms with Gasteiger partial charge in [0.1, 0.15) is 0 Å². The number of amides is 1. The van der Waals surface area contributed by atoms with Crippen LogP contribution < -0.4 is 0 Å². The maximum Gasteiger partial charge on any atom is 0.317 e. The first-order valence-electron chi connectivity index (χ1n) is 6.54. The summed E-state index contributed by atoms with van der Waals surface area (Å²) in [6.07, 6.45) is 0. The van der Waals surface area contributed by atoms with Gasteiger partial charge >= 0.3 is 5.97 Å². The van der Waals surface area contributed by atoms with E-state index in [-0.39, 0.29) is 24.5 Å². The molecule has 0 aliphatic rings. The average molecular weight is 333 g/mol. The Morgan fingerprint density at radius 2 is 1.90 bits per heavy atom. The van der Waals surface area contributed by atoms with E-state index in [1.54, 1.807) is 22.9 Å². The molecule has 0 aliphatic carbocycles. The predicted molar refractivity (Wildman–Crippen MR) is 84.8 cm³/mol. The molecule has 1 N–H and O–H groups in total. The summed E-state index contributed by atoms with van der Waals surface area (Å²) < 4.78 is 0.688. The predicted octanol–water partition coefficient (Wildman–Crippen LogP) is 2.55. The Bertz CT molecular complexity index is 511. The van der Waals surface area contributed by atoms with Gasteiger partial charge in [-0.15, -0.1) is 11.3 Å². The number of carboxylic acid groups (broad SMARTS) is 1. The highest BCUT2D eigenvalue weighted by atomic mass is 35.5. The van der Waals surface area contributed by atoms with E-state index < -0.39 is 5.97 Å². The lowest BCUT2D eigenvalue weighted by Crippen LogP contribution is -2.49. The van der Waals surface area contributed by atoms with Crippen LogP contribution in [0.5, 0.6) is 0 Å². The monoisotopic (exact) mass is 332 g/mol. The summed E-state index contributed by atoms with van der Waals surface area (Å²) >= 11 is 7.30. The van der Waals surface area contributed by atoms with Gasteiger partial charge in [-0.05, 0) is 32.9 Å². The van der Waals surface area contributed by atoms with Crippen LogP contribution in [-0.2, 0) is 16.1 Å². The van der Waals surface area contributed by atoms with E-state index in [1.807, 2.05) is 26.8 Å². The number of carbonyl (C=O) groups excluding carboxylic acids is 1. The molecule has 118 valence electrons. The summed E-state index contributed by atoms with van der Waals surface area (Å²) in [5.74, 6) is -1.05. The van der Waals surface area contributed by atoms with Crippen molar-refractivity contribution in [3.8, 4) is 0 Å². The fourth-order valence-electron chi connectivity index (χ4n) is 1.74. The van der Waals surface area contributed by atoms with E-state index in [4.69, 9.17) is 16.7 Å². The molecule has 0 bridgehead atoms. The van der Waals surface area contributed by atoms with Crippen LogP contribution in [0, 0.1) is 0 Å². The van der Waals surface area contributed by atoms with Crippen LogP contribution in [0.3, 0.4) is 0 Å². The molecule has 1 aromatic rings. The van der Waals surface area contributed by atoms with Crippen molar-refractivity contribution >= 4 is 34.8 Å². The highest BCUT2D eigenvalue weighted by Gasteiger charge is 2.26. The fraction of sp³-hybridized carbons (Fsp3) is 0.571. The summed E-state index contributed by atoms with van der Waals surface area (Å²) in [6, 6.07) is 3.68. The zero-order valence-electron chi connectivity index (χ0n) is 12.7. The van der Waals surface area contributed by atoms with Crippen molar-refractivity contribution in [3.63, 3.8) is 0 Å². The molecule has 0 saturated carbocycles. The minimum atomic E-state index is -0.939. The molecule has 1 rings (SSSR count). The molecule has 0 saturated heterocycles. The Labute approximate surface area is 134 Å². The molecule has 0 atom stereocenters. The first kappa shape index (κ1) is 17.9. The van der Waals surface area contributed by atoms with Gasteiger partial charge in [0.2, 0.25) is 5.91 Å². The molecule has 1 heterocycles. The number of hydrogen-bond acceptors (Lipinski definition) is 4. The molecule has 0 aliphatic heterocycles. The summed E-state index contributed by atoms with van der Waals surface area (Å²) in [5.41, 5.74) is -0.388. The van der Waals surface area contributed by atoms with Gasteiger partial charge in [0.25, 0.3) is 0 Å². The van der Waals surface area contributed by atoms with Crippen molar-refractivity contribution in [1.82, 2.24) is 9.80 Å². The molecule has 1 amide bonds. The quantitative estimate of drug-likeness (QED) is 0.869. The maximum atomic E-state index is 12.3. The number of hydrogen-bond donors (Lipinski definition) is 1. The number of carboxylic acids is 1. The van der Waals surface area contributed by atoms with E-state index in [0.29, 0.717) is 10.9 Å². The molecule has 0 spiro atoms. The van der Waals surface area contributed by atoms with Gasteiger partial charge in [-0.3, -0.25) is 14.5 Å². The van der Waals surface area contributed by atoms with Gasteiger partial charge < -0.3 is 10.0 Å². The molecule has 1 aromatic heterocycles. The Hall–Kier alpha value is -1.11. The number of carbonyl (C=O) groups is 2. The minimum Gasteiger partial charge on any atom is -0.480 e. The molecule has 7 heteroatoms. The van der Waals surface area contributed by atoms with Gasteiger partial charge in [-0.2, -0.15) is 0 Å². The van der Waals surface area contributed by atoms with Crippen molar-refractivity contribution in [3.05, 3.63) is 21.3 Å². The molecule has 5 nitrogen and oxygen atoms in total. The summed E-state index contributed by atoms with van der Waals surface area (Å²) in [7, 11) is 1.71. The van der Waals surface area contributed by atoms with Crippen molar-refractivity contribution in [1.29, 1.82) is 0 Å². The van der Waals surface area contributed by atoms with Gasteiger partial charge in [-0.1, -0.05) is 11.6 Å². The highest BCUT2D eigenvalue weighted by molar-refractivity contribution is 7.16. The number of aliphatic carboxylic acids is 1. The van der Waals surface area contributed by atoms with E-state index in [9.17, 15) is 9.59 Å². The SMILES string of the molecule is CN(Cc1ccc(Cl)s1)C(=O)CN(CC(=O)O)C(C)(C)C. The third-order valence-electron chi connectivity index (χ3n) is 3.05. The van der Waals surface area contributed by atoms with Gasteiger partial charge in [-0.25, -0.2) is 0 Å². The van der Waals surface area contributed by atoms with Crippen molar-refractivity contribution in [2.75, 3.05) is 20.1 Å². The zero-order valence-corrected chi connectivity index (χ0v) is 14.3. The Morgan fingerprint density at radius 3 is 2.33 bits per heavy atom. The van der Waals surface area contributed by atoms with E-state index in [1.165, 1.54) is 11.3 Å². The molecular weight excluding hydrogens is 312 g/mol. The third kappa shape index (κ3) is 6.03. The van der Waals surface area contributed by atoms with Crippen LogP contribution in [0.4, 0.5) is 0 Å². The maximum absolute atomic E-state index is 12.3. The van der Waals surface area contributed by atoms with E-state index >= 15 is 0 Å². The molecular formula is C14H21ClN2O3S. The fourth-order valence-corrected chi connectivity index (χ4v) is 2.88. The molecule has 0 fully saturated rings. The van der Waals surface area contributed by atoms with Crippen LogP contribution in [0.2, 0.25) is 4.34 Å². The van der Waals surface area contributed by atoms with Crippen LogP contribution >= 0.6 is 22.9 Å². The first-order chi connectivity index (χ1) is 9.59. The molecule has 0 radical (unpaired) electrons. The second-order valence-electron chi connectivity index (χ2n) is 5.88. The zero-order chi connectivity index (χ0) is 16.2. The van der Waals surface area contributed by atoms with Crippen molar-refractivity contribution < 1.29 is 14.7 Å². The van der Waals surface area contributed by atoms with Crippen LogP contribution in [0.25, 0.3) is 0 Å². The second-order valence-corrected chi connectivity index (χ2v) is 7.68. The third-order valence-corrected chi connectivity index (χ3v) is 4.26. The van der Waals surface area contributed by atoms with Crippen molar-refractivity contribution in [2.45, 2.75) is 32.9 Å². The average Bonchev–Trinajstić information content (AvgIpc) is 2.72. The number of rotatable bonds is 6. The largest absolute Gasteiger partial charge is 0.480 e. The smallest absolute Gasteiger partial charge is 0.317 e. The van der Waals surface area contributed by atoms with Gasteiger partial charge in [0.05, 0.1) is 24.0 Å². The van der Waals surface area contributed by atoms with Gasteiger partial charge in [0, 0.05) is 17.5 Å². The van der Waals surface area contributed by atoms with E-state index in [2.05, 4.69) is 0 Å². The lowest BCUT2D eigenvalue weighted by molar-refractivity contribution is -0.141. The number of halogens is 1. The summed E-state index contributed by atoms with van der Waals surface area (Å²) in [5, 5.41) is 8.96. The van der Waals surface area contributed by atoms with Crippen LogP contribution in [0.15, 0.2) is 12.1 Å². The second kappa shape index (κ2) is 7.24. The Balaban J connectivity index is 2.65. The van der Waals surface area contributed by atoms with Crippen LogP contribution in [0.1, 0.15) is 25.6 Å². The van der Waals surface area contributed by atoms with Gasteiger partial charge in [0.15, 0.2) is 0 Å². The normalized spacial score (nSPS) is 11.7. The van der Waals surface area contributed by atoms with Crippen molar-refractivity contribution in [2.24, 2.45) is 0 Å².